The molecule has 3 unspecified atom stereocenters. The van der Waals surface area contributed by atoms with E-state index in [1.54, 1.807) is 0 Å². The monoisotopic (exact) mass is 494 g/mol. The molecule has 2 aromatic rings. The molecular weight excluding hydrogens is 471 g/mol. The summed E-state index contributed by atoms with van der Waals surface area (Å²) in [4.78, 5) is 9.50. The lowest BCUT2D eigenvalue weighted by molar-refractivity contribution is 0.380. The minimum absolute atomic E-state index is 0. The second kappa shape index (κ2) is 7.51. The van der Waals surface area contributed by atoms with Gasteiger partial charge in [0.25, 0.3) is 0 Å². The summed E-state index contributed by atoms with van der Waals surface area (Å²) in [6, 6.07) is 17.2. The molecule has 0 aromatic heterocycles. The Morgan fingerprint density at radius 2 is 1.70 bits per heavy atom. The van der Waals surface area contributed by atoms with E-state index in [1.807, 2.05) is 12.1 Å². The van der Waals surface area contributed by atoms with Gasteiger partial charge in [-0.1, -0.05) is 35.9 Å². The third-order valence-electron chi connectivity index (χ3n) is 6.07. The molecule has 142 valence electrons. The number of nitrogens with zero attached hydrogens (tertiary/aromatic N) is 3. The van der Waals surface area contributed by atoms with Gasteiger partial charge in [-0.2, -0.15) is 0 Å². The number of aliphatic imine (C=N–C) groups is 1. The first-order valence-electron chi connectivity index (χ1n) is 9.37. The van der Waals surface area contributed by atoms with Crippen molar-refractivity contribution in [3.63, 3.8) is 0 Å². The number of rotatable bonds is 2. The highest BCUT2D eigenvalue weighted by Gasteiger charge is 2.56. The van der Waals surface area contributed by atoms with Crippen LogP contribution in [0.25, 0.3) is 0 Å². The van der Waals surface area contributed by atoms with Crippen LogP contribution in [0.5, 0.6) is 0 Å². The second-order valence-corrected chi connectivity index (χ2v) is 7.96. The number of guanidine groups is 1. The van der Waals surface area contributed by atoms with Gasteiger partial charge in [-0.05, 0) is 47.7 Å². The number of piperazine rings is 1. The SMILES string of the molecule is I.NC(=NC1C2Cc3ccccc3C21)N1CCN(c2ccc(Cl)cc2)CC1. The molecule has 1 aliphatic heterocycles. The van der Waals surface area contributed by atoms with Crippen molar-refractivity contribution in [2.24, 2.45) is 16.6 Å². The van der Waals surface area contributed by atoms with E-state index in [0.29, 0.717) is 17.9 Å². The average Bonchev–Trinajstić information content (AvgIpc) is 3.18. The van der Waals surface area contributed by atoms with Crippen molar-refractivity contribution in [2.45, 2.75) is 18.4 Å². The lowest BCUT2D eigenvalue weighted by Gasteiger charge is -2.36. The number of hydrogen-bond donors (Lipinski definition) is 1. The van der Waals surface area contributed by atoms with Gasteiger partial charge in [-0.25, -0.2) is 4.99 Å². The Morgan fingerprint density at radius 3 is 2.44 bits per heavy atom. The maximum Gasteiger partial charge on any atom is 0.191 e. The zero-order chi connectivity index (χ0) is 17.7. The number of nitrogens with two attached hydrogens (primary N) is 1. The van der Waals surface area contributed by atoms with E-state index in [0.717, 1.165) is 43.6 Å². The molecule has 2 fully saturated rings. The topological polar surface area (TPSA) is 44.9 Å². The smallest absolute Gasteiger partial charge is 0.191 e. The fraction of sp³-hybridized carbons (Fsp3) is 0.381. The number of hydrogen-bond acceptors (Lipinski definition) is 2. The van der Waals surface area contributed by atoms with Crippen molar-refractivity contribution in [1.82, 2.24) is 4.90 Å². The first-order chi connectivity index (χ1) is 12.7. The molecule has 0 bridgehead atoms. The molecule has 2 N–H and O–H groups in total. The van der Waals surface area contributed by atoms with Crippen LogP contribution in [0.3, 0.4) is 0 Å². The van der Waals surface area contributed by atoms with Gasteiger partial charge in [0.05, 0.1) is 6.04 Å². The molecule has 0 amide bonds. The van der Waals surface area contributed by atoms with Gasteiger partial charge in [0, 0.05) is 42.8 Å². The Kier molecular flexibility index (Phi) is 5.25. The largest absolute Gasteiger partial charge is 0.370 e. The van der Waals surface area contributed by atoms with Crippen molar-refractivity contribution in [1.29, 1.82) is 0 Å². The zero-order valence-corrected chi connectivity index (χ0v) is 18.2. The van der Waals surface area contributed by atoms with Crippen LogP contribution in [0, 0.1) is 5.92 Å². The molecule has 2 aliphatic carbocycles. The van der Waals surface area contributed by atoms with Crippen LogP contribution >= 0.6 is 35.6 Å². The number of anilines is 1. The molecule has 1 saturated carbocycles. The van der Waals surface area contributed by atoms with Crippen molar-refractivity contribution in [3.8, 4) is 0 Å². The molecule has 4 nitrogen and oxygen atoms in total. The summed E-state index contributed by atoms with van der Waals surface area (Å²) >= 11 is 5.98. The van der Waals surface area contributed by atoms with E-state index in [-0.39, 0.29) is 24.0 Å². The normalized spacial score (nSPS) is 26.3. The predicted octanol–water partition coefficient (Wildman–Crippen LogP) is 3.73. The predicted molar refractivity (Wildman–Crippen MR) is 122 cm³/mol. The zero-order valence-electron chi connectivity index (χ0n) is 15.1. The molecule has 2 aromatic carbocycles. The Balaban J connectivity index is 0.00000180. The highest BCUT2D eigenvalue weighted by molar-refractivity contribution is 14.0. The second-order valence-electron chi connectivity index (χ2n) is 7.52. The van der Waals surface area contributed by atoms with Gasteiger partial charge in [-0.15, -0.1) is 24.0 Å². The van der Waals surface area contributed by atoms with Crippen molar-refractivity contribution in [2.75, 3.05) is 31.1 Å². The summed E-state index contributed by atoms with van der Waals surface area (Å²) in [6.07, 6.45) is 1.16. The molecule has 6 heteroatoms. The molecule has 1 heterocycles. The van der Waals surface area contributed by atoms with Gasteiger partial charge in [0.15, 0.2) is 5.96 Å². The van der Waals surface area contributed by atoms with Crippen molar-refractivity contribution < 1.29 is 0 Å². The quantitative estimate of drug-likeness (QED) is 0.393. The minimum atomic E-state index is 0. The van der Waals surface area contributed by atoms with E-state index >= 15 is 0 Å². The van der Waals surface area contributed by atoms with Crippen LogP contribution in [0.2, 0.25) is 5.02 Å². The van der Waals surface area contributed by atoms with Gasteiger partial charge >= 0.3 is 0 Å². The lowest BCUT2D eigenvalue weighted by Crippen LogP contribution is -2.51. The third-order valence-corrected chi connectivity index (χ3v) is 6.33. The standard InChI is InChI=1S/C21H23ClN4.HI/c22-15-5-7-16(8-6-15)25-9-11-26(12-10-25)21(23)24-20-18-13-14-3-1-2-4-17(14)19(18)20;/h1-8,18-20H,9-13H2,(H2,23,24);1H. The van der Waals surface area contributed by atoms with Crippen LogP contribution in [-0.4, -0.2) is 43.1 Å². The summed E-state index contributed by atoms with van der Waals surface area (Å²) in [7, 11) is 0. The van der Waals surface area contributed by atoms with Gasteiger partial charge in [0.1, 0.15) is 0 Å². The summed E-state index contributed by atoms with van der Waals surface area (Å²) < 4.78 is 0. The van der Waals surface area contributed by atoms with Gasteiger partial charge in [0.2, 0.25) is 0 Å². The third kappa shape index (κ3) is 3.51. The molecule has 3 aliphatic rings. The van der Waals surface area contributed by atoms with Crippen LogP contribution in [-0.2, 0) is 6.42 Å². The maximum atomic E-state index is 6.36. The number of benzene rings is 2. The number of fused-ring (bicyclic) bond motifs is 3. The summed E-state index contributed by atoms with van der Waals surface area (Å²) in [5.41, 5.74) is 10.6. The molecule has 5 rings (SSSR count). The lowest BCUT2D eigenvalue weighted by atomic mass is 10.1. The Labute approximate surface area is 182 Å². The van der Waals surface area contributed by atoms with E-state index in [1.165, 1.54) is 16.8 Å². The summed E-state index contributed by atoms with van der Waals surface area (Å²) in [5.74, 6) is 1.99. The van der Waals surface area contributed by atoms with Crippen LogP contribution in [0.4, 0.5) is 5.69 Å². The summed E-state index contributed by atoms with van der Waals surface area (Å²) in [6.45, 7) is 3.74. The Bertz CT molecular complexity index is 846. The molecule has 0 radical (unpaired) electrons. The van der Waals surface area contributed by atoms with Crippen LogP contribution < -0.4 is 10.6 Å². The van der Waals surface area contributed by atoms with E-state index in [9.17, 15) is 0 Å². The highest BCUT2D eigenvalue weighted by Crippen LogP contribution is 2.58. The average molecular weight is 495 g/mol. The summed E-state index contributed by atoms with van der Waals surface area (Å²) in [5, 5.41) is 0.778. The Hall–Kier alpha value is -1.47. The van der Waals surface area contributed by atoms with E-state index in [2.05, 4.69) is 46.2 Å². The van der Waals surface area contributed by atoms with Crippen molar-refractivity contribution >= 4 is 47.2 Å². The minimum Gasteiger partial charge on any atom is -0.370 e. The fourth-order valence-corrected chi connectivity index (χ4v) is 4.70. The Morgan fingerprint density at radius 1 is 1.00 bits per heavy atom. The van der Waals surface area contributed by atoms with Crippen LogP contribution in [0.1, 0.15) is 17.0 Å². The molecular formula is C21H24ClIN4. The first kappa shape index (κ1) is 18.9. The maximum absolute atomic E-state index is 6.36. The first-order valence-corrected chi connectivity index (χ1v) is 9.75. The molecule has 27 heavy (non-hydrogen) atoms. The number of halogens is 2. The fourth-order valence-electron chi connectivity index (χ4n) is 4.57. The van der Waals surface area contributed by atoms with E-state index in [4.69, 9.17) is 22.3 Å². The molecule has 1 saturated heterocycles. The van der Waals surface area contributed by atoms with Gasteiger partial charge in [-0.3, -0.25) is 0 Å². The highest BCUT2D eigenvalue weighted by atomic mass is 127. The van der Waals surface area contributed by atoms with E-state index < -0.39 is 0 Å². The molecule has 0 spiro atoms. The van der Waals surface area contributed by atoms with Crippen molar-refractivity contribution in [3.05, 3.63) is 64.7 Å². The van der Waals surface area contributed by atoms with Gasteiger partial charge < -0.3 is 15.5 Å². The van der Waals surface area contributed by atoms with Crippen LogP contribution in [0.15, 0.2) is 53.5 Å². The molecule has 3 atom stereocenters.